The highest BCUT2D eigenvalue weighted by molar-refractivity contribution is 7.89. The van der Waals surface area contributed by atoms with Crippen LogP contribution in [0.2, 0.25) is 0 Å². The van der Waals surface area contributed by atoms with Gasteiger partial charge < -0.3 is 20.1 Å². The molecule has 0 bridgehead atoms. The van der Waals surface area contributed by atoms with Gasteiger partial charge in [-0.1, -0.05) is 47.1 Å². The molecule has 2 N–H and O–H groups in total. The summed E-state index contributed by atoms with van der Waals surface area (Å²) < 4.78 is 34.0. The van der Waals surface area contributed by atoms with Gasteiger partial charge in [-0.2, -0.15) is 4.31 Å². The lowest BCUT2D eigenvalue weighted by atomic mass is 9.87. The van der Waals surface area contributed by atoms with Crippen molar-refractivity contribution in [2.75, 3.05) is 25.0 Å². The Morgan fingerprint density at radius 1 is 1.03 bits per heavy atom. The number of benzene rings is 2. The van der Waals surface area contributed by atoms with Crippen molar-refractivity contribution < 1.29 is 22.5 Å². The molecule has 39 heavy (non-hydrogen) atoms. The van der Waals surface area contributed by atoms with E-state index in [1.807, 2.05) is 37.3 Å². The molecule has 2 aliphatic rings. The summed E-state index contributed by atoms with van der Waals surface area (Å²) in [6.45, 7) is 5.02. The summed E-state index contributed by atoms with van der Waals surface area (Å²) in [6, 6.07) is 13.6. The van der Waals surface area contributed by atoms with E-state index in [9.17, 15) is 18.0 Å². The first kappa shape index (κ1) is 26.9. The number of piperazine rings is 1. The maximum atomic E-state index is 13.8. The van der Waals surface area contributed by atoms with Crippen LogP contribution in [0, 0.1) is 20.8 Å². The number of fused-ring (bicyclic) bond motifs is 1. The molecule has 1 aliphatic carbocycles. The molecule has 10 nitrogen and oxygen atoms in total. The fraction of sp³-hybridized carbons (Fsp3) is 0.393. The predicted octanol–water partition coefficient (Wildman–Crippen LogP) is 3.70. The lowest BCUT2D eigenvalue weighted by molar-refractivity contribution is -0.127. The number of hydrogen-bond acceptors (Lipinski definition) is 6. The van der Waals surface area contributed by atoms with E-state index in [0.29, 0.717) is 5.69 Å². The van der Waals surface area contributed by atoms with Crippen LogP contribution in [0.5, 0.6) is 0 Å². The molecule has 2 aromatic carbocycles. The Bertz CT molecular complexity index is 1460. The van der Waals surface area contributed by atoms with Crippen LogP contribution in [-0.4, -0.2) is 60.4 Å². The highest BCUT2D eigenvalue weighted by atomic mass is 32.2. The summed E-state index contributed by atoms with van der Waals surface area (Å²) in [5.41, 5.74) is 4.13. The highest BCUT2D eigenvalue weighted by Crippen LogP contribution is 2.31. The number of hydrogen-bond donors (Lipinski definition) is 2. The van der Waals surface area contributed by atoms with Crippen LogP contribution < -0.4 is 10.6 Å². The number of rotatable bonds is 5. The lowest BCUT2D eigenvalue weighted by Crippen LogP contribution is -2.62. The average Bonchev–Trinajstić information content (AvgIpc) is 3.28. The first-order valence-electron chi connectivity index (χ1n) is 13.1. The van der Waals surface area contributed by atoms with Gasteiger partial charge >= 0.3 is 6.03 Å². The maximum absolute atomic E-state index is 13.8. The number of anilines is 1. The summed E-state index contributed by atoms with van der Waals surface area (Å²) >= 11 is 0. The second kappa shape index (κ2) is 10.8. The standard InChI is InChI=1S/C28H33N5O5S/c1-18-11-13-22(14-12-18)29-28(35)32-15-16-33(39(36,37)26-19(2)31-38-20(26)3)25(17-32)27(34)30-24-10-6-8-21-7-4-5-9-23(21)24/h4-5,7,9,11-14,24-25H,6,8,10,15-17H2,1-3H3,(H,29,35)(H,30,34). The molecule has 1 fully saturated rings. The molecule has 2 atom stereocenters. The minimum absolute atomic E-state index is 0.0409. The van der Waals surface area contributed by atoms with Gasteiger partial charge in [-0.3, -0.25) is 4.79 Å². The molecular formula is C28H33N5O5S. The first-order valence-corrected chi connectivity index (χ1v) is 14.5. The number of urea groups is 1. The Morgan fingerprint density at radius 2 is 1.77 bits per heavy atom. The maximum Gasteiger partial charge on any atom is 0.321 e. The van der Waals surface area contributed by atoms with E-state index in [0.717, 1.165) is 30.4 Å². The van der Waals surface area contributed by atoms with Gasteiger partial charge in [0.05, 0.1) is 6.04 Å². The van der Waals surface area contributed by atoms with E-state index < -0.39 is 28.0 Å². The number of nitrogens with one attached hydrogen (secondary N) is 2. The van der Waals surface area contributed by atoms with Crippen LogP contribution in [0.15, 0.2) is 57.9 Å². The van der Waals surface area contributed by atoms with Crippen LogP contribution in [0.1, 0.15) is 47.0 Å². The minimum atomic E-state index is -4.13. The molecule has 11 heteroatoms. The van der Waals surface area contributed by atoms with Crippen molar-refractivity contribution in [2.45, 2.75) is 57.0 Å². The normalized spacial score (nSPS) is 19.8. The van der Waals surface area contributed by atoms with Gasteiger partial charge in [-0.05, 0) is 63.3 Å². The fourth-order valence-corrected chi connectivity index (χ4v) is 7.29. The van der Waals surface area contributed by atoms with E-state index in [-0.39, 0.29) is 42.0 Å². The Labute approximate surface area is 228 Å². The summed E-state index contributed by atoms with van der Waals surface area (Å²) in [4.78, 5) is 28.4. The second-order valence-corrected chi connectivity index (χ2v) is 12.0. The van der Waals surface area contributed by atoms with E-state index in [2.05, 4.69) is 21.9 Å². The number of amides is 3. The SMILES string of the molecule is Cc1ccc(NC(=O)N2CCN(S(=O)(=O)c3c(C)noc3C)C(C(=O)NC3CCCc4ccccc43)C2)cc1. The Hall–Kier alpha value is -3.70. The molecule has 1 saturated heterocycles. The molecule has 206 valence electrons. The Morgan fingerprint density at radius 3 is 2.49 bits per heavy atom. The van der Waals surface area contributed by atoms with Gasteiger partial charge in [-0.25, -0.2) is 13.2 Å². The van der Waals surface area contributed by atoms with Crippen molar-refractivity contribution in [3.05, 3.63) is 76.7 Å². The lowest BCUT2D eigenvalue weighted by Gasteiger charge is -2.40. The molecule has 0 radical (unpaired) electrons. The van der Waals surface area contributed by atoms with Crippen molar-refractivity contribution in [1.82, 2.24) is 19.7 Å². The van der Waals surface area contributed by atoms with Crippen LogP contribution in [-0.2, 0) is 21.2 Å². The average molecular weight is 552 g/mol. The molecule has 3 amide bonds. The Kier molecular flexibility index (Phi) is 7.46. The zero-order valence-electron chi connectivity index (χ0n) is 22.3. The van der Waals surface area contributed by atoms with Gasteiger partial charge in [-0.15, -0.1) is 0 Å². The number of aromatic nitrogens is 1. The number of sulfonamides is 1. The number of aryl methyl sites for hydroxylation is 4. The summed E-state index contributed by atoms with van der Waals surface area (Å²) in [6.07, 6.45) is 2.61. The molecule has 5 rings (SSSR count). The predicted molar refractivity (Wildman–Crippen MR) is 146 cm³/mol. The monoisotopic (exact) mass is 551 g/mol. The fourth-order valence-electron chi connectivity index (χ4n) is 5.42. The summed E-state index contributed by atoms with van der Waals surface area (Å²) in [7, 11) is -4.13. The summed E-state index contributed by atoms with van der Waals surface area (Å²) in [5.74, 6) is -0.285. The van der Waals surface area contributed by atoms with Crippen molar-refractivity contribution in [2.24, 2.45) is 0 Å². The number of nitrogens with zero attached hydrogens (tertiary/aromatic N) is 3. The second-order valence-electron chi connectivity index (χ2n) is 10.2. The van der Waals surface area contributed by atoms with E-state index in [1.54, 1.807) is 19.1 Å². The zero-order valence-corrected chi connectivity index (χ0v) is 23.1. The number of carbonyl (C=O) groups excluding carboxylic acids is 2. The van der Waals surface area contributed by atoms with Crippen molar-refractivity contribution in [3.63, 3.8) is 0 Å². The van der Waals surface area contributed by atoms with Crippen molar-refractivity contribution >= 4 is 27.6 Å². The molecule has 0 saturated carbocycles. The van der Waals surface area contributed by atoms with E-state index in [1.165, 1.54) is 21.7 Å². The molecule has 3 aromatic rings. The van der Waals surface area contributed by atoms with E-state index >= 15 is 0 Å². The van der Waals surface area contributed by atoms with Gasteiger partial charge in [0, 0.05) is 25.3 Å². The smallest absolute Gasteiger partial charge is 0.321 e. The molecular weight excluding hydrogens is 518 g/mol. The Balaban J connectivity index is 1.42. The molecule has 2 unspecified atom stereocenters. The van der Waals surface area contributed by atoms with Crippen molar-refractivity contribution in [1.29, 1.82) is 0 Å². The van der Waals surface area contributed by atoms with Gasteiger partial charge in [0.15, 0.2) is 5.76 Å². The minimum Gasteiger partial charge on any atom is -0.360 e. The van der Waals surface area contributed by atoms with Gasteiger partial charge in [0.25, 0.3) is 0 Å². The summed E-state index contributed by atoms with van der Waals surface area (Å²) in [5, 5.41) is 9.75. The molecule has 1 aromatic heterocycles. The quantitative estimate of drug-likeness (QED) is 0.498. The molecule has 1 aliphatic heterocycles. The molecule has 0 spiro atoms. The zero-order chi connectivity index (χ0) is 27.7. The topological polar surface area (TPSA) is 125 Å². The first-order chi connectivity index (χ1) is 18.6. The number of carbonyl (C=O) groups is 2. The largest absolute Gasteiger partial charge is 0.360 e. The highest BCUT2D eigenvalue weighted by Gasteiger charge is 2.44. The third-order valence-electron chi connectivity index (χ3n) is 7.44. The van der Waals surface area contributed by atoms with E-state index in [4.69, 9.17) is 4.52 Å². The van der Waals surface area contributed by atoms with Crippen molar-refractivity contribution in [3.8, 4) is 0 Å². The van der Waals surface area contributed by atoms with Gasteiger partial charge in [0.1, 0.15) is 16.6 Å². The van der Waals surface area contributed by atoms with Crippen LogP contribution in [0.3, 0.4) is 0 Å². The molecule has 2 heterocycles. The third-order valence-corrected chi connectivity index (χ3v) is 9.60. The van der Waals surface area contributed by atoms with Crippen LogP contribution in [0.4, 0.5) is 10.5 Å². The van der Waals surface area contributed by atoms with Crippen LogP contribution >= 0.6 is 0 Å². The van der Waals surface area contributed by atoms with Crippen LogP contribution in [0.25, 0.3) is 0 Å². The van der Waals surface area contributed by atoms with Gasteiger partial charge in [0.2, 0.25) is 15.9 Å². The third kappa shape index (κ3) is 5.41.